The van der Waals surface area contributed by atoms with Crippen LogP contribution in [0, 0.1) is 6.92 Å². The maximum atomic E-state index is 13.2. The van der Waals surface area contributed by atoms with Crippen molar-refractivity contribution in [2.75, 3.05) is 13.1 Å². The fourth-order valence-electron chi connectivity index (χ4n) is 3.73. The van der Waals surface area contributed by atoms with Crippen LogP contribution in [0.3, 0.4) is 0 Å². The lowest BCUT2D eigenvalue weighted by Gasteiger charge is -2.26. The number of nitrogens with one attached hydrogen (secondary N) is 1. The Morgan fingerprint density at radius 1 is 1.08 bits per heavy atom. The van der Waals surface area contributed by atoms with E-state index in [9.17, 15) is 4.79 Å². The molecule has 4 nitrogen and oxygen atoms in total. The monoisotopic (exact) mass is 345 g/mol. The van der Waals surface area contributed by atoms with Crippen molar-refractivity contribution in [2.45, 2.75) is 26.4 Å². The summed E-state index contributed by atoms with van der Waals surface area (Å²) in [7, 11) is 0. The highest BCUT2D eigenvalue weighted by Crippen LogP contribution is 2.39. The maximum Gasteiger partial charge on any atom is 0.273 e. The molecular formula is C22H23N3O. The van der Waals surface area contributed by atoms with Gasteiger partial charge in [0.15, 0.2) is 0 Å². The standard InChI is InChI=1S/C22H23N3O/c1-15-8-10-18(11-9-15)21-19-16(2)23-12-13-24-20(19)22(26)25(21)14-17-6-4-3-5-7-17/h3-11,21,23H,12-14H2,1-2H3. The molecule has 1 fully saturated rings. The van der Waals surface area contributed by atoms with Gasteiger partial charge in [-0.15, -0.1) is 0 Å². The van der Waals surface area contributed by atoms with Gasteiger partial charge < -0.3 is 10.2 Å². The number of hydrogen-bond donors (Lipinski definition) is 1. The van der Waals surface area contributed by atoms with Crippen molar-refractivity contribution in [2.24, 2.45) is 4.99 Å². The summed E-state index contributed by atoms with van der Waals surface area (Å²) in [5, 5.41) is 3.42. The zero-order valence-corrected chi connectivity index (χ0v) is 15.2. The van der Waals surface area contributed by atoms with Gasteiger partial charge >= 0.3 is 0 Å². The molecule has 1 amide bonds. The molecule has 132 valence electrons. The molecule has 1 saturated heterocycles. The Morgan fingerprint density at radius 2 is 1.81 bits per heavy atom. The van der Waals surface area contributed by atoms with Gasteiger partial charge in [0, 0.05) is 24.4 Å². The fraction of sp³-hybridized carbons (Fsp3) is 0.273. The number of rotatable bonds is 3. The van der Waals surface area contributed by atoms with Gasteiger partial charge in [-0.3, -0.25) is 9.79 Å². The van der Waals surface area contributed by atoms with E-state index in [0.717, 1.165) is 28.9 Å². The van der Waals surface area contributed by atoms with Crippen LogP contribution >= 0.6 is 0 Å². The number of carbonyl (C=O) groups excluding carboxylic acids is 1. The summed E-state index contributed by atoms with van der Waals surface area (Å²) < 4.78 is 0. The molecule has 0 spiro atoms. The van der Waals surface area contributed by atoms with Gasteiger partial charge in [-0.25, -0.2) is 0 Å². The molecule has 4 rings (SSSR count). The lowest BCUT2D eigenvalue weighted by molar-refractivity contribution is -0.124. The Hall–Kier alpha value is -2.88. The lowest BCUT2D eigenvalue weighted by Crippen LogP contribution is -2.29. The Balaban J connectivity index is 1.82. The van der Waals surface area contributed by atoms with Crippen LogP contribution in [0.1, 0.15) is 29.7 Å². The van der Waals surface area contributed by atoms with Crippen LogP contribution in [-0.4, -0.2) is 29.6 Å². The van der Waals surface area contributed by atoms with E-state index < -0.39 is 0 Å². The van der Waals surface area contributed by atoms with E-state index in [1.807, 2.05) is 23.1 Å². The summed E-state index contributed by atoms with van der Waals surface area (Å²) in [5.74, 6) is 0.0254. The van der Waals surface area contributed by atoms with Gasteiger partial charge in [-0.05, 0) is 25.0 Å². The van der Waals surface area contributed by atoms with E-state index in [1.165, 1.54) is 5.56 Å². The molecule has 2 aliphatic heterocycles. The van der Waals surface area contributed by atoms with Crippen LogP contribution in [0.2, 0.25) is 0 Å². The summed E-state index contributed by atoms with van der Waals surface area (Å²) in [6, 6.07) is 18.5. The Kier molecular flexibility index (Phi) is 4.33. The molecule has 0 bridgehead atoms. The zero-order valence-electron chi connectivity index (χ0n) is 15.2. The number of likely N-dealkylation sites (tertiary alicyclic amines) is 1. The number of aryl methyl sites for hydroxylation is 1. The smallest absolute Gasteiger partial charge is 0.273 e. The van der Waals surface area contributed by atoms with E-state index in [4.69, 9.17) is 0 Å². The molecule has 1 atom stereocenters. The molecule has 0 radical (unpaired) electrons. The highest BCUT2D eigenvalue weighted by molar-refractivity contribution is 6.48. The van der Waals surface area contributed by atoms with Crippen molar-refractivity contribution < 1.29 is 4.79 Å². The van der Waals surface area contributed by atoms with Crippen LogP contribution < -0.4 is 5.32 Å². The Labute approximate surface area is 154 Å². The average Bonchev–Trinajstić information content (AvgIpc) is 2.79. The molecule has 1 unspecified atom stereocenters. The van der Waals surface area contributed by atoms with E-state index in [-0.39, 0.29) is 11.9 Å². The highest BCUT2D eigenvalue weighted by atomic mass is 16.2. The molecule has 2 aliphatic rings. The third kappa shape index (κ3) is 2.92. The second kappa shape index (κ2) is 6.79. The summed E-state index contributed by atoms with van der Waals surface area (Å²) in [4.78, 5) is 19.8. The van der Waals surface area contributed by atoms with Crippen molar-refractivity contribution in [1.82, 2.24) is 10.2 Å². The Bertz CT molecular complexity index is 881. The van der Waals surface area contributed by atoms with E-state index in [0.29, 0.717) is 18.8 Å². The first-order chi connectivity index (χ1) is 12.6. The minimum Gasteiger partial charge on any atom is -0.386 e. The van der Waals surface area contributed by atoms with Crippen molar-refractivity contribution in [3.63, 3.8) is 0 Å². The minimum absolute atomic E-state index is 0.0254. The summed E-state index contributed by atoms with van der Waals surface area (Å²) in [6.45, 7) is 6.10. The SMILES string of the molecule is CC1=C2C(=NCCN1)C(=O)N(Cc1ccccc1)C2c1ccc(C)cc1. The molecule has 0 aliphatic carbocycles. The average molecular weight is 345 g/mol. The van der Waals surface area contributed by atoms with Gasteiger partial charge in [-0.1, -0.05) is 60.2 Å². The number of carbonyl (C=O) groups is 1. The van der Waals surface area contributed by atoms with Crippen molar-refractivity contribution in [1.29, 1.82) is 0 Å². The van der Waals surface area contributed by atoms with Crippen LogP contribution in [-0.2, 0) is 11.3 Å². The van der Waals surface area contributed by atoms with E-state index in [1.54, 1.807) is 0 Å². The quantitative estimate of drug-likeness (QED) is 0.927. The van der Waals surface area contributed by atoms with Crippen LogP contribution in [0.5, 0.6) is 0 Å². The molecule has 2 heterocycles. The second-order valence-corrected chi connectivity index (χ2v) is 6.93. The molecule has 4 heteroatoms. The third-order valence-corrected chi connectivity index (χ3v) is 5.07. The van der Waals surface area contributed by atoms with E-state index in [2.05, 4.69) is 60.6 Å². The predicted molar refractivity (Wildman–Crippen MR) is 104 cm³/mol. The number of benzene rings is 2. The topological polar surface area (TPSA) is 44.7 Å². The maximum absolute atomic E-state index is 13.2. The van der Waals surface area contributed by atoms with Crippen molar-refractivity contribution >= 4 is 11.6 Å². The van der Waals surface area contributed by atoms with Gasteiger partial charge in [0.05, 0.1) is 12.6 Å². The van der Waals surface area contributed by atoms with E-state index >= 15 is 0 Å². The lowest BCUT2D eigenvalue weighted by atomic mass is 9.96. The Morgan fingerprint density at radius 3 is 2.54 bits per heavy atom. The first kappa shape index (κ1) is 16.6. The molecule has 0 aromatic heterocycles. The number of nitrogens with zero attached hydrogens (tertiary/aromatic N) is 2. The van der Waals surface area contributed by atoms with Gasteiger partial charge in [0.25, 0.3) is 5.91 Å². The minimum atomic E-state index is -0.104. The molecule has 2 aromatic rings. The fourth-order valence-corrected chi connectivity index (χ4v) is 3.73. The van der Waals surface area contributed by atoms with Crippen LogP contribution in [0.15, 0.2) is 70.9 Å². The second-order valence-electron chi connectivity index (χ2n) is 6.93. The third-order valence-electron chi connectivity index (χ3n) is 5.07. The first-order valence-electron chi connectivity index (χ1n) is 9.06. The highest BCUT2D eigenvalue weighted by Gasteiger charge is 2.43. The molecular weight excluding hydrogens is 322 g/mol. The first-order valence-corrected chi connectivity index (χ1v) is 9.06. The van der Waals surface area contributed by atoms with Crippen molar-refractivity contribution in [3.8, 4) is 0 Å². The van der Waals surface area contributed by atoms with Crippen LogP contribution in [0.25, 0.3) is 0 Å². The van der Waals surface area contributed by atoms with Crippen LogP contribution in [0.4, 0.5) is 0 Å². The van der Waals surface area contributed by atoms with Gasteiger partial charge in [0.2, 0.25) is 0 Å². The number of amides is 1. The zero-order chi connectivity index (χ0) is 18.1. The summed E-state index contributed by atoms with van der Waals surface area (Å²) in [6.07, 6.45) is 0. The number of aliphatic imine (C=N–C) groups is 1. The molecule has 26 heavy (non-hydrogen) atoms. The largest absolute Gasteiger partial charge is 0.386 e. The number of allylic oxidation sites excluding steroid dienone is 1. The summed E-state index contributed by atoms with van der Waals surface area (Å²) >= 11 is 0. The number of fused-ring (bicyclic) bond motifs is 1. The molecule has 1 N–H and O–H groups in total. The molecule has 0 saturated carbocycles. The molecule has 2 aromatic carbocycles. The van der Waals surface area contributed by atoms with Crippen molar-refractivity contribution in [3.05, 3.63) is 82.6 Å². The normalized spacial score (nSPS) is 19.8. The van der Waals surface area contributed by atoms with Gasteiger partial charge in [0.1, 0.15) is 5.71 Å². The predicted octanol–water partition coefficient (Wildman–Crippen LogP) is 3.40. The number of hydrogen-bond acceptors (Lipinski definition) is 3. The summed E-state index contributed by atoms with van der Waals surface area (Å²) in [5.41, 5.74) is 6.16. The van der Waals surface area contributed by atoms with Gasteiger partial charge in [-0.2, -0.15) is 0 Å².